The highest BCUT2D eigenvalue weighted by Gasteiger charge is 2.27. The van der Waals surface area contributed by atoms with E-state index in [4.69, 9.17) is 4.74 Å². The number of hydrogen-bond donors (Lipinski definition) is 0. The second-order valence-electron chi connectivity index (χ2n) is 5.43. The predicted molar refractivity (Wildman–Crippen MR) is 77.4 cm³/mol. The Hall–Kier alpha value is -1.36. The van der Waals surface area contributed by atoms with Crippen LogP contribution < -0.4 is 0 Å². The highest BCUT2D eigenvalue weighted by atomic mass is 16.5. The molecule has 1 fully saturated rings. The molecule has 1 atom stereocenters. The summed E-state index contributed by atoms with van der Waals surface area (Å²) in [5, 5.41) is 4.32. The number of carbonyl (C=O) groups is 1. The predicted octanol–water partition coefficient (Wildman–Crippen LogP) is 2.21. The van der Waals surface area contributed by atoms with E-state index in [9.17, 15) is 4.79 Å². The van der Waals surface area contributed by atoms with Crippen molar-refractivity contribution < 1.29 is 9.53 Å². The molecule has 20 heavy (non-hydrogen) atoms. The Morgan fingerprint density at radius 1 is 1.40 bits per heavy atom. The largest absolute Gasteiger partial charge is 0.466 e. The van der Waals surface area contributed by atoms with E-state index in [1.54, 1.807) is 0 Å². The van der Waals surface area contributed by atoms with Gasteiger partial charge in [0.25, 0.3) is 0 Å². The van der Waals surface area contributed by atoms with Crippen LogP contribution >= 0.6 is 0 Å². The molecule has 0 saturated carbocycles. The normalized spacial score (nSPS) is 17.9. The van der Waals surface area contributed by atoms with Gasteiger partial charge in [-0.15, -0.1) is 0 Å². The van der Waals surface area contributed by atoms with Gasteiger partial charge in [0.05, 0.1) is 19.2 Å². The molecule has 112 valence electrons. The number of hydrogen-bond acceptors (Lipinski definition) is 4. The summed E-state index contributed by atoms with van der Waals surface area (Å²) in [5.41, 5.74) is 2.28. The minimum Gasteiger partial charge on any atom is -0.466 e. The molecule has 1 unspecified atom stereocenters. The summed E-state index contributed by atoms with van der Waals surface area (Å²) >= 11 is 0. The Morgan fingerprint density at radius 2 is 2.10 bits per heavy atom. The topological polar surface area (TPSA) is 47.4 Å². The van der Waals surface area contributed by atoms with Crippen LogP contribution in [0.4, 0.5) is 0 Å². The first-order valence-corrected chi connectivity index (χ1v) is 7.51. The zero-order valence-electron chi connectivity index (χ0n) is 12.8. The van der Waals surface area contributed by atoms with Gasteiger partial charge in [-0.3, -0.25) is 14.4 Å². The summed E-state index contributed by atoms with van der Waals surface area (Å²) in [5.74, 6) is -0.119. The number of nitrogens with zero attached hydrogens (tertiary/aromatic N) is 3. The van der Waals surface area contributed by atoms with E-state index < -0.39 is 0 Å². The van der Waals surface area contributed by atoms with E-state index in [-0.39, 0.29) is 12.0 Å². The third-order valence-corrected chi connectivity index (χ3v) is 4.13. The fourth-order valence-electron chi connectivity index (χ4n) is 2.89. The minimum atomic E-state index is -0.119. The van der Waals surface area contributed by atoms with Gasteiger partial charge in [-0.25, -0.2) is 0 Å². The number of likely N-dealkylation sites (tertiary alicyclic amines) is 1. The number of ether oxygens (including phenoxy) is 1. The molecule has 5 heteroatoms. The molecule has 0 spiro atoms. The van der Waals surface area contributed by atoms with Crippen molar-refractivity contribution in [1.29, 1.82) is 0 Å². The second kappa shape index (κ2) is 6.88. The SMILES string of the molecule is CCOC(=O)CC(c1cnn(C)c1C)N1CCCCC1. The average Bonchev–Trinajstić information content (AvgIpc) is 2.78. The van der Waals surface area contributed by atoms with E-state index in [2.05, 4.69) is 16.9 Å². The highest BCUT2D eigenvalue weighted by molar-refractivity contribution is 5.70. The first kappa shape index (κ1) is 15.0. The van der Waals surface area contributed by atoms with Gasteiger partial charge in [0.1, 0.15) is 0 Å². The lowest BCUT2D eigenvalue weighted by molar-refractivity contribution is -0.144. The van der Waals surface area contributed by atoms with Gasteiger partial charge >= 0.3 is 5.97 Å². The summed E-state index contributed by atoms with van der Waals surface area (Å²) in [6.45, 7) is 6.46. The van der Waals surface area contributed by atoms with Crippen LogP contribution in [0, 0.1) is 6.92 Å². The Labute approximate surface area is 120 Å². The molecular formula is C15H25N3O2. The smallest absolute Gasteiger partial charge is 0.307 e. The Balaban J connectivity index is 2.18. The fraction of sp³-hybridized carbons (Fsp3) is 0.733. The molecule has 5 nitrogen and oxygen atoms in total. The number of aromatic nitrogens is 2. The third kappa shape index (κ3) is 3.39. The van der Waals surface area contributed by atoms with E-state index in [0.29, 0.717) is 13.0 Å². The number of aryl methyl sites for hydroxylation is 1. The van der Waals surface area contributed by atoms with Crippen molar-refractivity contribution in [3.8, 4) is 0 Å². The van der Waals surface area contributed by atoms with Gasteiger partial charge in [-0.05, 0) is 39.8 Å². The molecule has 1 aliphatic rings. The van der Waals surface area contributed by atoms with E-state index in [1.807, 2.05) is 24.9 Å². The van der Waals surface area contributed by atoms with Gasteiger partial charge in [0, 0.05) is 24.3 Å². The average molecular weight is 279 g/mol. The third-order valence-electron chi connectivity index (χ3n) is 4.13. The summed E-state index contributed by atoms with van der Waals surface area (Å²) < 4.78 is 7.01. The van der Waals surface area contributed by atoms with Gasteiger partial charge in [0.2, 0.25) is 0 Å². The summed E-state index contributed by atoms with van der Waals surface area (Å²) in [4.78, 5) is 14.3. The molecule has 1 aromatic heterocycles. The number of carbonyl (C=O) groups excluding carboxylic acids is 1. The van der Waals surface area contributed by atoms with Crippen LogP contribution in [0.25, 0.3) is 0 Å². The monoisotopic (exact) mass is 279 g/mol. The van der Waals surface area contributed by atoms with Crippen molar-refractivity contribution in [1.82, 2.24) is 14.7 Å². The summed E-state index contributed by atoms with van der Waals surface area (Å²) in [6.07, 6.45) is 6.01. The molecule has 2 rings (SSSR count). The molecule has 0 N–H and O–H groups in total. The summed E-state index contributed by atoms with van der Waals surface area (Å²) in [6, 6.07) is 0.100. The van der Waals surface area contributed by atoms with E-state index in [0.717, 1.165) is 24.3 Å². The van der Waals surface area contributed by atoms with Crippen molar-refractivity contribution in [2.45, 2.75) is 45.6 Å². The van der Waals surface area contributed by atoms with Crippen molar-refractivity contribution in [3.63, 3.8) is 0 Å². The Morgan fingerprint density at radius 3 is 2.65 bits per heavy atom. The van der Waals surface area contributed by atoms with Crippen LogP contribution in [0.3, 0.4) is 0 Å². The maximum Gasteiger partial charge on any atom is 0.307 e. The van der Waals surface area contributed by atoms with Crippen molar-refractivity contribution in [2.75, 3.05) is 19.7 Å². The van der Waals surface area contributed by atoms with Gasteiger partial charge in [0.15, 0.2) is 0 Å². The quantitative estimate of drug-likeness (QED) is 0.775. The lowest BCUT2D eigenvalue weighted by Gasteiger charge is -2.34. The minimum absolute atomic E-state index is 0.100. The fourth-order valence-corrected chi connectivity index (χ4v) is 2.89. The first-order chi connectivity index (χ1) is 9.63. The van der Waals surface area contributed by atoms with Gasteiger partial charge in [-0.1, -0.05) is 6.42 Å². The molecule has 0 aliphatic carbocycles. The molecular weight excluding hydrogens is 254 g/mol. The second-order valence-corrected chi connectivity index (χ2v) is 5.43. The number of rotatable bonds is 5. The number of piperidine rings is 1. The molecule has 2 heterocycles. The maximum atomic E-state index is 11.9. The highest BCUT2D eigenvalue weighted by Crippen LogP contribution is 2.29. The molecule has 0 bridgehead atoms. The van der Waals surface area contributed by atoms with Gasteiger partial charge < -0.3 is 4.74 Å². The Kier molecular flexibility index (Phi) is 5.17. The molecule has 1 aromatic rings. The molecule has 0 amide bonds. The van der Waals surface area contributed by atoms with Crippen molar-refractivity contribution >= 4 is 5.97 Å². The van der Waals surface area contributed by atoms with Crippen LogP contribution in [-0.2, 0) is 16.6 Å². The van der Waals surface area contributed by atoms with Crippen LogP contribution in [0.5, 0.6) is 0 Å². The first-order valence-electron chi connectivity index (χ1n) is 7.51. The number of esters is 1. The van der Waals surface area contributed by atoms with Crippen LogP contribution in [0.15, 0.2) is 6.20 Å². The lowest BCUT2D eigenvalue weighted by Crippen LogP contribution is -2.35. The van der Waals surface area contributed by atoms with Crippen molar-refractivity contribution in [3.05, 3.63) is 17.5 Å². The van der Waals surface area contributed by atoms with Crippen LogP contribution in [0.2, 0.25) is 0 Å². The van der Waals surface area contributed by atoms with Crippen LogP contribution in [0.1, 0.15) is 49.9 Å². The van der Waals surface area contributed by atoms with E-state index in [1.165, 1.54) is 19.3 Å². The van der Waals surface area contributed by atoms with Crippen LogP contribution in [-0.4, -0.2) is 40.3 Å². The Bertz CT molecular complexity index is 450. The zero-order chi connectivity index (χ0) is 14.5. The maximum absolute atomic E-state index is 11.9. The lowest BCUT2D eigenvalue weighted by atomic mass is 9.99. The zero-order valence-corrected chi connectivity index (χ0v) is 12.8. The molecule has 0 aromatic carbocycles. The van der Waals surface area contributed by atoms with Crippen molar-refractivity contribution in [2.24, 2.45) is 7.05 Å². The molecule has 1 aliphatic heterocycles. The summed E-state index contributed by atoms with van der Waals surface area (Å²) in [7, 11) is 1.94. The standard InChI is InChI=1S/C15H25N3O2/c1-4-20-15(19)10-14(18-8-6-5-7-9-18)13-11-16-17(3)12(13)2/h11,14H,4-10H2,1-3H3. The molecule has 1 saturated heterocycles. The van der Waals surface area contributed by atoms with E-state index >= 15 is 0 Å². The van der Waals surface area contributed by atoms with Gasteiger partial charge in [-0.2, -0.15) is 5.10 Å². The molecule has 0 radical (unpaired) electrons.